The summed E-state index contributed by atoms with van der Waals surface area (Å²) in [6, 6.07) is 0. The third-order valence-electron chi connectivity index (χ3n) is 4.15. The molecule has 0 spiro atoms. The van der Waals surface area contributed by atoms with Gasteiger partial charge in [0.25, 0.3) is 0 Å². The van der Waals surface area contributed by atoms with Crippen LogP contribution in [0.5, 0.6) is 0 Å². The van der Waals surface area contributed by atoms with E-state index in [4.69, 9.17) is 4.74 Å². The Balaban J connectivity index is 2.37. The SMILES string of the molecule is CNC(=O)OCCC(SCC1CCC(F)(F)CC1)C(C)(C)C. The summed E-state index contributed by atoms with van der Waals surface area (Å²) in [5.74, 6) is -1.15. The number of hydrogen-bond donors (Lipinski definition) is 1. The van der Waals surface area contributed by atoms with Crippen molar-refractivity contribution in [3.8, 4) is 0 Å². The van der Waals surface area contributed by atoms with E-state index in [2.05, 4.69) is 26.1 Å². The summed E-state index contributed by atoms with van der Waals surface area (Å²) in [6.45, 7) is 6.89. The van der Waals surface area contributed by atoms with E-state index in [0.717, 1.165) is 12.2 Å². The maximum Gasteiger partial charge on any atom is 0.406 e. The Bertz CT molecular complexity index is 349. The summed E-state index contributed by atoms with van der Waals surface area (Å²) in [4.78, 5) is 11.1. The van der Waals surface area contributed by atoms with Gasteiger partial charge >= 0.3 is 6.09 Å². The number of alkyl halides is 2. The number of carbonyl (C=O) groups excluding carboxylic acids is 1. The molecule has 0 aromatic heterocycles. The van der Waals surface area contributed by atoms with Crippen LogP contribution in [0.1, 0.15) is 52.9 Å². The predicted molar refractivity (Wildman–Crippen MR) is 87.6 cm³/mol. The average Bonchev–Trinajstić information content (AvgIpc) is 2.42. The highest BCUT2D eigenvalue weighted by molar-refractivity contribution is 7.99. The Morgan fingerprint density at radius 1 is 1.36 bits per heavy atom. The molecule has 0 aliphatic heterocycles. The van der Waals surface area contributed by atoms with E-state index >= 15 is 0 Å². The summed E-state index contributed by atoms with van der Waals surface area (Å²) in [5.41, 5.74) is 0.0926. The van der Waals surface area contributed by atoms with Gasteiger partial charge in [-0.05, 0) is 36.3 Å². The molecule has 0 heterocycles. The molecule has 1 rings (SSSR count). The molecule has 0 radical (unpaired) electrons. The number of hydrogen-bond acceptors (Lipinski definition) is 3. The minimum atomic E-state index is -2.45. The quantitative estimate of drug-likeness (QED) is 0.763. The lowest BCUT2D eigenvalue weighted by atomic mass is 9.88. The third kappa shape index (κ3) is 7.16. The Morgan fingerprint density at radius 2 is 1.95 bits per heavy atom. The zero-order valence-electron chi connectivity index (χ0n) is 14.1. The molecule has 3 nitrogen and oxygen atoms in total. The first-order valence-electron chi connectivity index (χ1n) is 7.98. The van der Waals surface area contributed by atoms with Crippen molar-refractivity contribution in [3.63, 3.8) is 0 Å². The van der Waals surface area contributed by atoms with Gasteiger partial charge in [-0.15, -0.1) is 0 Å². The molecular formula is C16H29F2NO2S. The van der Waals surface area contributed by atoms with Gasteiger partial charge in [0.15, 0.2) is 0 Å². The van der Waals surface area contributed by atoms with E-state index in [1.807, 2.05) is 11.8 Å². The van der Waals surface area contributed by atoms with Crippen LogP contribution in [0.3, 0.4) is 0 Å². The van der Waals surface area contributed by atoms with E-state index in [9.17, 15) is 13.6 Å². The molecule has 22 heavy (non-hydrogen) atoms. The molecule has 1 saturated carbocycles. The van der Waals surface area contributed by atoms with Crippen LogP contribution in [0.15, 0.2) is 0 Å². The fourth-order valence-electron chi connectivity index (χ4n) is 2.62. The van der Waals surface area contributed by atoms with Crippen molar-refractivity contribution in [3.05, 3.63) is 0 Å². The van der Waals surface area contributed by atoms with E-state index < -0.39 is 12.0 Å². The highest BCUT2D eigenvalue weighted by atomic mass is 32.2. The van der Waals surface area contributed by atoms with Crippen LogP contribution in [-0.4, -0.2) is 36.7 Å². The van der Waals surface area contributed by atoms with E-state index in [-0.39, 0.29) is 18.3 Å². The van der Waals surface area contributed by atoms with Gasteiger partial charge in [0.05, 0.1) is 6.61 Å². The first kappa shape index (κ1) is 19.5. The van der Waals surface area contributed by atoms with Crippen molar-refractivity contribution >= 4 is 17.9 Å². The number of amides is 1. The monoisotopic (exact) mass is 337 g/mol. The van der Waals surface area contributed by atoms with E-state index in [1.54, 1.807) is 0 Å². The molecule has 1 atom stereocenters. The van der Waals surface area contributed by atoms with Crippen molar-refractivity contribution in [2.24, 2.45) is 11.3 Å². The maximum atomic E-state index is 13.2. The zero-order chi connectivity index (χ0) is 16.8. The van der Waals surface area contributed by atoms with Crippen LogP contribution in [0.4, 0.5) is 13.6 Å². The van der Waals surface area contributed by atoms with Gasteiger partial charge < -0.3 is 10.1 Å². The fourth-order valence-corrected chi connectivity index (χ4v) is 4.22. The minimum Gasteiger partial charge on any atom is -0.450 e. The van der Waals surface area contributed by atoms with Crippen molar-refractivity contribution in [2.45, 2.75) is 64.0 Å². The van der Waals surface area contributed by atoms with E-state index in [1.165, 1.54) is 7.05 Å². The number of nitrogens with one attached hydrogen (secondary N) is 1. The second kappa shape index (κ2) is 8.37. The van der Waals surface area contributed by atoms with Crippen LogP contribution < -0.4 is 5.32 Å². The van der Waals surface area contributed by atoms with Crippen LogP contribution in [-0.2, 0) is 4.74 Å². The van der Waals surface area contributed by atoms with Crippen LogP contribution >= 0.6 is 11.8 Å². The standard InChI is InChI=1S/C16H29F2NO2S/c1-15(2,3)13(7-10-21-14(20)19-4)22-11-12-5-8-16(17,18)9-6-12/h12-13H,5-11H2,1-4H3,(H,19,20). The lowest BCUT2D eigenvalue weighted by molar-refractivity contribution is -0.0433. The summed E-state index contributed by atoms with van der Waals surface area (Å²) in [7, 11) is 1.54. The molecule has 0 aromatic carbocycles. The first-order chi connectivity index (χ1) is 10.1. The Labute approximate surface area is 136 Å². The average molecular weight is 337 g/mol. The lowest BCUT2D eigenvalue weighted by Crippen LogP contribution is -2.29. The Kier molecular flexibility index (Phi) is 7.42. The van der Waals surface area contributed by atoms with Gasteiger partial charge in [-0.2, -0.15) is 11.8 Å². The van der Waals surface area contributed by atoms with E-state index in [0.29, 0.717) is 30.6 Å². The van der Waals surface area contributed by atoms with Crippen LogP contribution in [0.25, 0.3) is 0 Å². The summed E-state index contributed by atoms with van der Waals surface area (Å²) < 4.78 is 31.4. The Hall–Kier alpha value is -0.520. The molecule has 6 heteroatoms. The predicted octanol–water partition coefficient (Wildman–Crippen LogP) is 4.71. The Morgan fingerprint density at radius 3 is 2.45 bits per heavy atom. The number of ether oxygens (including phenoxy) is 1. The first-order valence-corrected chi connectivity index (χ1v) is 9.03. The molecular weight excluding hydrogens is 308 g/mol. The van der Waals surface area contributed by atoms with Gasteiger partial charge in [-0.3, -0.25) is 0 Å². The van der Waals surface area contributed by atoms with Crippen molar-refractivity contribution < 1.29 is 18.3 Å². The van der Waals surface area contributed by atoms with Crippen molar-refractivity contribution in [1.82, 2.24) is 5.32 Å². The summed E-state index contributed by atoms with van der Waals surface area (Å²) >= 11 is 1.84. The second-order valence-corrected chi connectivity index (χ2v) is 8.40. The highest BCUT2D eigenvalue weighted by Crippen LogP contribution is 2.40. The molecule has 1 aliphatic rings. The minimum absolute atomic E-state index is 0.0260. The second-order valence-electron chi connectivity index (χ2n) is 7.16. The fraction of sp³-hybridized carbons (Fsp3) is 0.938. The molecule has 0 saturated heterocycles. The number of alkyl carbamates (subject to hydrolysis) is 1. The zero-order valence-corrected chi connectivity index (χ0v) is 14.9. The normalized spacial score (nSPS) is 20.5. The molecule has 0 aromatic rings. The summed E-state index contributed by atoms with van der Waals surface area (Å²) in [5, 5.41) is 2.78. The molecule has 1 fully saturated rings. The smallest absolute Gasteiger partial charge is 0.406 e. The third-order valence-corrected chi connectivity index (χ3v) is 6.16. The summed E-state index contributed by atoms with van der Waals surface area (Å²) in [6.07, 6.45) is 1.66. The van der Waals surface area contributed by atoms with Crippen molar-refractivity contribution in [1.29, 1.82) is 0 Å². The van der Waals surface area contributed by atoms with Crippen LogP contribution in [0.2, 0.25) is 0 Å². The molecule has 1 aliphatic carbocycles. The number of carbonyl (C=O) groups is 1. The number of rotatable bonds is 6. The topological polar surface area (TPSA) is 38.3 Å². The van der Waals surface area contributed by atoms with Gasteiger partial charge in [-0.1, -0.05) is 20.8 Å². The van der Waals surface area contributed by atoms with Crippen LogP contribution in [0, 0.1) is 11.3 Å². The van der Waals surface area contributed by atoms with Gasteiger partial charge in [0.1, 0.15) is 0 Å². The molecule has 0 bridgehead atoms. The number of halogens is 2. The van der Waals surface area contributed by atoms with Crippen molar-refractivity contribution in [2.75, 3.05) is 19.4 Å². The largest absolute Gasteiger partial charge is 0.450 e. The maximum absolute atomic E-state index is 13.2. The van der Waals surface area contributed by atoms with Gasteiger partial charge in [0.2, 0.25) is 5.92 Å². The molecule has 1 N–H and O–H groups in total. The van der Waals surface area contributed by atoms with Gasteiger partial charge in [-0.25, -0.2) is 13.6 Å². The molecule has 1 unspecified atom stereocenters. The lowest BCUT2D eigenvalue weighted by Gasteiger charge is -2.33. The van der Waals surface area contributed by atoms with Gasteiger partial charge in [0, 0.05) is 25.1 Å². The highest BCUT2D eigenvalue weighted by Gasteiger charge is 2.35. The molecule has 130 valence electrons. The molecule has 1 amide bonds. The number of thioether (sulfide) groups is 1.